The number of hydrogen-bond donors (Lipinski definition) is 1. The Kier molecular flexibility index (Phi) is 6.08. The third kappa shape index (κ3) is 4.68. The Balaban J connectivity index is 2.08. The summed E-state index contributed by atoms with van der Waals surface area (Å²) in [6.07, 6.45) is 1.53. The number of aromatic nitrogens is 2. The lowest BCUT2D eigenvalue weighted by Gasteiger charge is -2.18. The molecule has 152 valence electrons. The van der Waals surface area contributed by atoms with Crippen LogP contribution in [0.15, 0.2) is 41.3 Å². The zero-order chi connectivity index (χ0) is 21.1. The van der Waals surface area contributed by atoms with Crippen molar-refractivity contribution in [3.63, 3.8) is 0 Å². The van der Waals surface area contributed by atoms with Crippen LogP contribution in [-0.4, -0.2) is 23.8 Å². The number of ether oxygens (including phenoxy) is 2. The van der Waals surface area contributed by atoms with E-state index in [1.807, 2.05) is 26.0 Å². The topological polar surface area (TPSA) is 65.4 Å². The summed E-state index contributed by atoms with van der Waals surface area (Å²) < 4.78 is 25.9. The molecule has 1 heterocycles. The van der Waals surface area contributed by atoms with Crippen molar-refractivity contribution in [1.29, 1.82) is 0 Å². The summed E-state index contributed by atoms with van der Waals surface area (Å²) in [6, 6.07) is 8.11. The molecule has 3 rings (SSSR count). The zero-order valence-electron chi connectivity index (χ0n) is 16.5. The van der Waals surface area contributed by atoms with Crippen LogP contribution in [0.1, 0.15) is 16.7 Å². The summed E-state index contributed by atoms with van der Waals surface area (Å²) >= 11 is 5.97. The first kappa shape index (κ1) is 20.7. The van der Waals surface area contributed by atoms with Gasteiger partial charge in [-0.1, -0.05) is 11.6 Å². The van der Waals surface area contributed by atoms with Gasteiger partial charge in [-0.2, -0.15) is 4.98 Å². The van der Waals surface area contributed by atoms with Crippen LogP contribution in [0.25, 0.3) is 0 Å². The molecule has 0 unspecified atom stereocenters. The number of benzene rings is 2. The predicted molar refractivity (Wildman–Crippen MR) is 111 cm³/mol. The summed E-state index contributed by atoms with van der Waals surface area (Å²) in [5, 5.41) is 3.47. The molecule has 0 spiro atoms. The van der Waals surface area contributed by atoms with E-state index in [0.29, 0.717) is 11.3 Å². The summed E-state index contributed by atoms with van der Waals surface area (Å²) in [6.45, 7) is 4.07. The molecule has 0 bridgehead atoms. The quantitative estimate of drug-likeness (QED) is 0.641. The van der Waals surface area contributed by atoms with Gasteiger partial charge in [0.2, 0.25) is 11.7 Å². The van der Waals surface area contributed by atoms with Crippen LogP contribution in [-0.2, 0) is 6.54 Å². The van der Waals surface area contributed by atoms with Crippen LogP contribution >= 0.6 is 11.6 Å². The molecule has 29 heavy (non-hydrogen) atoms. The molecule has 2 aromatic carbocycles. The minimum atomic E-state index is -0.513. The predicted octanol–water partition coefficient (Wildman–Crippen LogP) is 4.46. The Morgan fingerprint density at radius 3 is 2.48 bits per heavy atom. The van der Waals surface area contributed by atoms with Crippen molar-refractivity contribution < 1.29 is 13.9 Å². The van der Waals surface area contributed by atoms with Crippen LogP contribution in [0.4, 0.5) is 16.0 Å². The Morgan fingerprint density at radius 2 is 1.83 bits per heavy atom. The molecule has 0 atom stereocenters. The third-order valence-corrected chi connectivity index (χ3v) is 4.65. The molecule has 1 N–H and O–H groups in total. The molecule has 6 nitrogen and oxygen atoms in total. The van der Waals surface area contributed by atoms with Gasteiger partial charge in [0, 0.05) is 16.3 Å². The van der Waals surface area contributed by atoms with Crippen LogP contribution in [0.3, 0.4) is 0 Å². The number of methoxy groups -OCH3 is 2. The van der Waals surface area contributed by atoms with E-state index < -0.39 is 11.4 Å². The van der Waals surface area contributed by atoms with Crippen LogP contribution in [0.2, 0.25) is 5.02 Å². The summed E-state index contributed by atoms with van der Waals surface area (Å²) in [5.41, 5.74) is 2.69. The molecule has 0 fully saturated rings. The molecule has 0 amide bonds. The second kappa shape index (κ2) is 8.53. The van der Waals surface area contributed by atoms with Crippen LogP contribution in [0, 0.1) is 19.7 Å². The molecule has 0 aliphatic heterocycles. The Morgan fingerprint density at radius 1 is 1.10 bits per heavy atom. The molecule has 0 radical (unpaired) electrons. The van der Waals surface area contributed by atoms with Gasteiger partial charge in [0.15, 0.2) is 0 Å². The maximum atomic E-state index is 13.8. The number of rotatable bonds is 6. The van der Waals surface area contributed by atoms with Crippen molar-refractivity contribution in [2.24, 2.45) is 0 Å². The lowest BCUT2D eigenvalue weighted by Crippen LogP contribution is -2.19. The molecule has 1 aromatic heterocycles. The van der Waals surface area contributed by atoms with E-state index in [1.54, 1.807) is 17.7 Å². The monoisotopic (exact) mass is 417 g/mol. The maximum Gasteiger partial charge on any atom is 0.316 e. The minimum Gasteiger partial charge on any atom is -0.496 e. The van der Waals surface area contributed by atoms with Gasteiger partial charge in [-0.25, -0.2) is 4.39 Å². The molecule has 0 aliphatic carbocycles. The second-order valence-electron chi connectivity index (χ2n) is 6.61. The lowest BCUT2D eigenvalue weighted by molar-refractivity contribution is 0.402. The van der Waals surface area contributed by atoms with E-state index in [0.717, 1.165) is 16.8 Å². The average molecular weight is 418 g/mol. The molecule has 3 aromatic rings. The normalized spacial score (nSPS) is 10.7. The number of anilines is 2. The fraction of sp³-hybridized carbons (Fsp3) is 0.238. The number of halogens is 2. The molecule has 0 saturated heterocycles. The summed E-state index contributed by atoms with van der Waals surface area (Å²) in [7, 11) is 2.99. The zero-order valence-corrected chi connectivity index (χ0v) is 17.3. The highest BCUT2D eigenvalue weighted by Gasteiger charge is 2.13. The fourth-order valence-electron chi connectivity index (χ4n) is 3.02. The van der Waals surface area contributed by atoms with Gasteiger partial charge in [-0.05, 0) is 55.3 Å². The Labute approximate surface area is 172 Å². The standard InChI is InChI=1S/C21H21ClFN3O3/c1-12-5-17(13(2)18(6-12)28-3)24-21-25-20(27)19(29-4)11-26(21)10-14-7-15(22)9-16(23)8-14/h5-9,11H,10H2,1-4H3,(H,24,25,27). The van der Waals surface area contributed by atoms with E-state index in [9.17, 15) is 9.18 Å². The Hall–Kier alpha value is -3.06. The van der Waals surface area contributed by atoms with Gasteiger partial charge in [0.1, 0.15) is 11.6 Å². The minimum absolute atomic E-state index is 0.0802. The van der Waals surface area contributed by atoms with E-state index in [-0.39, 0.29) is 23.3 Å². The first-order chi connectivity index (χ1) is 13.8. The van der Waals surface area contributed by atoms with Crippen molar-refractivity contribution >= 4 is 23.2 Å². The SMILES string of the molecule is COc1cc(C)cc(Nc2nc(=O)c(OC)cn2Cc2cc(F)cc(Cl)c2)c1C. The third-order valence-electron chi connectivity index (χ3n) is 4.43. The van der Waals surface area contributed by atoms with Crippen molar-refractivity contribution in [3.8, 4) is 11.5 Å². The van der Waals surface area contributed by atoms with Gasteiger partial charge in [0.25, 0.3) is 0 Å². The molecule has 0 saturated carbocycles. The highest BCUT2D eigenvalue weighted by Crippen LogP contribution is 2.29. The lowest BCUT2D eigenvalue weighted by atomic mass is 10.1. The molecular weight excluding hydrogens is 397 g/mol. The number of nitrogens with zero attached hydrogens (tertiary/aromatic N) is 2. The van der Waals surface area contributed by atoms with Crippen molar-refractivity contribution in [2.75, 3.05) is 19.5 Å². The van der Waals surface area contributed by atoms with E-state index in [4.69, 9.17) is 21.1 Å². The second-order valence-corrected chi connectivity index (χ2v) is 7.04. The van der Waals surface area contributed by atoms with Gasteiger partial charge in [-0.15, -0.1) is 0 Å². The van der Waals surface area contributed by atoms with Crippen molar-refractivity contribution in [1.82, 2.24) is 9.55 Å². The largest absolute Gasteiger partial charge is 0.496 e. The van der Waals surface area contributed by atoms with Crippen LogP contribution in [0.5, 0.6) is 11.5 Å². The van der Waals surface area contributed by atoms with Gasteiger partial charge in [0.05, 0.1) is 27.0 Å². The number of nitrogens with one attached hydrogen (secondary N) is 1. The van der Waals surface area contributed by atoms with Gasteiger partial charge in [-0.3, -0.25) is 4.79 Å². The molecular formula is C21H21ClFN3O3. The van der Waals surface area contributed by atoms with E-state index in [2.05, 4.69) is 10.3 Å². The number of aryl methyl sites for hydroxylation is 1. The van der Waals surface area contributed by atoms with Gasteiger partial charge < -0.3 is 19.4 Å². The highest BCUT2D eigenvalue weighted by molar-refractivity contribution is 6.30. The van der Waals surface area contributed by atoms with Gasteiger partial charge >= 0.3 is 5.56 Å². The van der Waals surface area contributed by atoms with E-state index >= 15 is 0 Å². The molecule has 8 heteroatoms. The van der Waals surface area contributed by atoms with E-state index in [1.165, 1.54) is 25.4 Å². The summed E-state index contributed by atoms with van der Waals surface area (Å²) in [5.74, 6) is 0.637. The van der Waals surface area contributed by atoms with Crippen molar-refractivity contribution in [3.05, 3.63) is 74.4 Å². The first-order valence-electron chi connectivity index (χ1n) is 8.83. The van der Waals surface area contributed by atoms with Crippen molar-refractivity contribution in [2.45, 2.75) is 20.4 Å². The smallest absolute Gasteiger partial charge is 0.316 e. The average Bonchev–Trinajstić information content (AvgIpc) is 2.65. The maximum absolute atomic E-state index is 13.8. The first-order valence-corrected chi connectivity index (χ1v) is 9.21. The molecule has 0 aliphatic rings. The van der Waals surface area contributed by atoms with Crippen LogP contribution < -0.4 is 20.3 Å². The highest BCUT2D eigenvalue weighted by atomic mass is 35.5. The summed E-state index contributed by atoms with van der Waals surface area (Å²) in [4.78, 5) is 16.4. The number of hydrogen-bond acceptors (Lipinski definition) is 5. The Bertz CT molecular complexity index is 1090. The fourth-order valence-corrected chi connectivity index (χ4v) is 3.26.